The molecular weight excluding hydrogens is 332 g/mol. The minimum Gasteiger partial charge on any atom is -0.454 e. The molecule has 0 aromatic heterocycles. The highest BCUT2D eigenvalue weighted by Gasteiger charge is 2.21. The quantitative estimate of drug-likeness (QED) is 0.590. The van der Waals surface area contributed by atoms with Crippen LogP contribution in [0.25, 0.3) is 0 Å². The van der Waals surface area contributed by atoms with Crippen LogP contribution in [0.4, 0.5) is 0 Å². The molecule has 3 rings (SSSR count). The molecule has 1 atom stereocenters. The number of rotatable bonds is 6. The van der Waals surface area contributed by atoms with Crippen molar-refractivity contribution in [2.45, 2.75) is 26.5 Å². The van der Waals surface area contributed by atoms with Crippen LogP contribution < -0.4 is 20.1 Å². The molecule has 2 aliphatic rings. The zero-order valence-electron chi connectivity index (χ0n) is 16.0. The normalized spacial score (nSPS) is 20.5. The Hall–Kier alpha value is -1.99. The van der Waals surface area contributed by atoms with Crippen molar-refractivity contribution >= 4 is 5.96 Å². The van der Waals surface area contributed by atoms with E-state index in [4.69, 9.17) is 14.2 Å². The van der Waals surface area contributed by atoms with Gasteiger partial charge in [0.25, 0.3) is 0 Å². The third-order valence-corrected chi connectivity index (χ3v) is 4.46. The van der Waals surface area contributed by atoms with Crippen LogP contribution in [0, 0.1) is 5.92 Å². The molecule has 144 valence electrons. The fourth-order valence-corrected chi connectivity index (χ4v) is 3.25. The number of hydrogen-bond acceptors (Lipinski definition) is 5. The average Bonchev–Trinajstić information content (AvgIpc) is 3.09. The molecule has 1 aromatic carbocycles. The van der Waals surface area contributed by atoms with Gasteiger partial charge >= 0.3 is 0 Å². The summed E-state index contributed by atoms with van der Waals surface area (Å²) in [7, 11) is 1.78. The van der Waals surface area contributed by atoms with Gasteiger partial charge in [-0.2, -0.15) is 0 Å². The first-order valence-electron chi connectivity index (χ1n) is 9.31. The van der Waals surface area contributed by atoms with Crippen molar-refractivity contribution in [1.29, 1.82) is 0 Å². The van der Waals surface area contributed by atoms with Crippen molar-refractivity contribution in [3.8, 4) is 11.5 Å². The molecule has 0 spiro atoms. The minimum atomic E-state index is 0.187. The zero-order chi connectivity index (χ0) is 18.4. The molecule has 0 saturated carbocycles. The summed E-state index contributed by atoms with van der Waals surface area (Å²) in [6.45, 7) is 10.1. The van der Waals surface area contributed by atoms with Crippen LogP contribution in [0.2, 0.25) is 0 Å². The molecule has 1 unspecified atom stereocenters. The van der Waals surface area contributed by atoms with E-state index < -0.39 is 0 Å². The summed E-state index contributed by atoms with van der Waals surface area (Å²) in [4.78, 5) is 6.77. The molecule has 1 fully saturated rings. The van der Waals surface area contributed by atoms with Crippen LogP contribution >= 0.6 is 0 Å². The van der Waals surface area contributed by atoms with Crippen LogP contribution in [0.15, 0.2) is 23.2 Å². The lowest BCUT2D eigenvalue weighted by Gasteiger charge is -2.34. The van der Waals surface area contributed by atoms with Gasteiger partial charge in [0.2, 0.25) is 6.79 Å². The van der Waals surface area contributed by atoms with Crippen molar-refractivity contribution < 1.29 is 14.2 Å². The van der Waals surface area contributed by atoms with Crippen LogP contribution in [-0.2, 0) is 11.3 Å². The average molecular weight is 362 g/mol. The molecule has 0 radical (unpaired) electrons. The van der Waals surface area contributed by atoms with Gasteiger partial charge in [0.1, 0.15) is 0 Å². The number of hydrogen-bond donors (Lipinski definition) is 2. The topological polar surface area (TPSA) is 67.4 Å². The zero-order valence-corrected chi connectivity index (χ0v) is 16.0. The van der Waals surface area contributed by atoms with Crippen LogP contribution in [-0.4, -0.2) is 63.6 Å². The number of aliphatic imine (C=N–C) groups is 1. The summed E-state index contributed by atoms with van der Waals surface area (Å²) in [6.07, 6.45) is 0.187. The van der Waals surface area contributed by atoms with Crippen molar-refractivity contribution in [3.63, 3.8) is 0 Å². The Labute approximate surface area is 155 Å². The van der Waals surface area contributed by atoms with E-state index in [1.165, 1.54) is 0 Å². The van der Waals surface area contributed by atoms with Crippen molar-refractivity contribution in [2.24, 2.45) is 10.9 Å². The van der Waals surface area contributed by atoms with Gasteiger partial charge in [0, 0.05) is 39.8 Å². The van der Waals surface area contributed by atoms with Crippen molar-refractivity contribution in [3.05, 3.63) is 23.8 Å². The van der Waals surface area contributed by atoms with Gasteiger partial charge in [0.15, 0.2) is 17.5 Å². The summed E-state index contributed by atoms with van der Waals surface area (Å²) in [5.74, 6) is 3.05. The maximum Gasteiger partial charge on any atom is 0.231 e. The van der Waals surface area contributed by atoms with Gasteiger partial charge in [-0.1, -0.05) is 19.9 Å². The fourth-order valence-electron chi connectivity index (χ4n) is 3.25. The smallest absolute Gasteiger partial charge is 0.231 e. The second-order valence-electron chi connectivity index (χ2n) is 7.14. The second kappa shape index (κ2) is 9.09. The van der Waals surface area contributed by atoms with E-state index in [1.807, 2.05) is 18.2 Å². The summed E-state index contributed by atoms with van der Waals surface area (Å²) in [5.41, 5.74) is 1.12. The second-order valence-corrected chi connectivity index (χ2v) is 7.14. The van der Waals surface area contributed by atoms with E-state index >= 15 is 0 Å². The van der Waals surface area contributed by atoms with E-state index in [9.17, 15) is 0 Å². The molecular formula is C19H30N4O3. The molecule has 26 heavy (non-hydrogen) atoms. The highest BCUT2D eigenvalue weighted by molar-refractivity contribution is 5.79. The first-order chi connectivity index (χ1) is 12.6. The SMILES string of the molecule is CN=C(NCc1ccc2c(c1)OCO2)NCC1CN(CC(C)C)CCO1. The third-order valence-electron chi connectivity index (χ3n) is 4.46. The molecule has 7 heteroatoms. The lowest BCUT2D eigenvalue weighted by Crippen LogP contribution is -2.50. The Balaban J connectivity index is 1.43. The predicted molar refractivity (Wildman–Crippen MR) is 102 cm³/mol. The Morgan fingerprint density at radius 3 is 2.92 bits per heavy atom. The lowest BCUT2D eigenvalue weighted by molar-refractivity contribution is -0.0284. The lowest BCUT2D eigenvalue weighted by atomic mass is 10.2. The molecule has 0 bridgehead atoms. The van der Waals surface area contributed by atoms with Crippen molar-refractivity contribution in [2.75, 3.05) is 46.6 Å². The molecule has 2 heterocycles. The Morgan fingerprint density at radius 2 is 2.12 bits per heavy atom. The molecule has 7 nitrogen and oxygen atoms in total. The number of benzene rings is 1. The monoisotopic (exact) mass is 362 g/mol. The van der Waals surface area contributed by atoms with Gasteiger partial charge in [-0.05, 0) is 23.6 Å². The summed E-state index contributed by atoms with van der Waals surface area (Å²) < 4.78 is 16.6. The largest absolute Gasteiger partial charge is 0.454 e. The highest BCUT2D eigenvalue weighted by atomic mass is 16.7. The molecule has 0 amide bonds. The molecule has 0 aliphatic carbocycles. The van der Waals surface area contributed by atoms with Gasteiger partial charge in [-0.15, -0.1) is 0 Å². The Kier molecular flexibility index (Phi) is 6.57. The van der Waals surface area contributed by atoms with E-state index in [0.29, 0.717) is 19.3 Å². The van der Waals surface area contributed by atoms with Gasteiger partial charge in [0.05, 0.1) is 12.7 Å². The number of morpholine rings is 1. The standard InChI is InChI=1S/C19H30N4O3/c1-14(2)11-23-6-7-24-16(12-23)10-22-19(20-3)21-9-15-4-5-17-18(8-15)26-13-25-17/h4-5,8,14,16H,6-7,9-13H2,1-3H3,(H2,20,21,22). The van der Waals surface area contributed by atoms with Gasteiger partial charge in [-0.3, -0.25) is 9.89 Å². The summed E-state index contributed by atoms with van der Waals surface area (Å²) in [6, 6.07) is 5.97. The van der Waals surface area contributed by atoms with E-state index in [-0.39, 0.29) is 6.10 Å². The predicted octanol–water partition coefficient (Wildman–Crippen LogP) is 1.44. The number of ether oxygens (including phenoxy) is 3. The van der Waals surface area contributed by atoms with E-state index in [0.717, 1.165) is 55.8 Å². The Morgan fingerprint density at radius 1 is 1.27 bits per heavy atom. The van der Waals surface area contributed by atoms with Crippen LogP contribution in [0.1, 0.15) is 19.4 Å². The first-order valence-corrected chi connectivity index (χ1v) is 9.31. The van der Waals surface area contributed by atoms with E-state index in [2.05, 4.69) is 34.4 Å². The fraction of sp³-hybridized carbons (Fsp3) is 0.632. The number of fused-ring (bicyclic) bond motifs is 1. The number of nitrogens with one attached hydrogen (secondary N) is 2. The minimum absolute atomic E-state index is 0.187. The van der Waals surface area contributed by atoms with Crippen LogP contribution in [0.5, 0.6) is 11.5 Å². The molecule has 1 saturated heterocycles. The molecule has 2 aliphatic heterocycles. The maximum atomic E-state index is 5.88. The first kappa shape index (κ1) is 18.8. The van der Waals surface area contributed by atoms with E-state index in [1.54, 1.807) is 7.05 Å². The number of nitrogens with zero attached hydrogens (tertiary/aromatic N) is 2. The van der Waals surface area contributed by atoms with Gasteiger partial charge in [-0.25, -0.2) is 0 Å². The van der Waals surface area contributed by atoms with Gasteiger partial charge < -0.3 is 24.8 Å². The van der Waals surface area contributed by atoms with Crippen molar-refractivity contribution in [1.82, 2.24) is 15.5 Å². The maximum absolute atomic E-state index is 5.88. The third kappa shape index (κ3) is 5.25. The number of guanidine groups is 1. The Bertz CT molecular complexity index is 621. The summed E-state index contributed by atoms with van der Waals surface area (Å²) in [5, 5.41) is 6.70. The molecule has 1 aromatic rings. The molecule has 2 N–H and O–H groups in total. The van der Waals surface area contributed by atoms with Crippen LogP contribution in [0.3, 0.4) is 0 Å². The summed E-state index contributed by atoms with van der Waals surface area (Å²) >= 11 is 0. The highest BCUT2D eigenvalue weighted by Crippen LogP contribution is 2.32.